The lowest BCUT2D eigenvalue weighted by atomic mass is 9.97. The van der Waals surface area contributed by atoms with Crippen molar-refractivity contribution in [3.05, 3.63) is 0 Å². The lowest BCUT2D eigenvalue weighted by Gasteiger charge is -2.21. The SMILES string of the molecule is CCSCCCNCC(C)(C)CCl. The molecule has 0 spiro atoms. The first-order valence-electron chi connectivity index (χ1n) is 4.97. The van der Waals surface area contributed by atoms with Gasteiger partial charge >= 0.3 is 0 Å². The molecular weight excluding hydrogens is 202 g/mol. The van der Waals surface area contributed by atoms with Crippen molar-refractivity contribution in [1.82, 2.24) is 5.32 Å². The van der Waals surface area contributed by atoms with Crippen molar-refractivity contribution in [2.75, 3.05) is 30.5 Å². The zero-order valence-corrected chi connectivity index (χ0v) is 10.6. The number of hydrogen-bond donors (Lipinski definition) is 1. The highest BCUT2D eigenvalue weighted by atomic mass is 35.5. The topological polar surface area (TPSA) is 12.0 Å². The van der Waals surface area contributed by atoms with Crippen molar-refractivity contribution < 1.29 is 0 Å². The summed E-state index contributed by atoms with van der Waals surface area (Å²) in [6.45, 7) is 8.72. The third-order valence-corrected chi connectivity index (χ3v) is 3.52. The monoisotopic (exact) mass is 223 g/mol. The van der Waals surface area contributed by atoms with E-state index in [1.807, 2.05) is 11.8 Å². The van der Waals surface area contributed by atoms with Gasteiger partial charge in [0.2, 0.25) is 0 Å². The van der Waals surface area contributed by atoms with Gasteiger partial charge < -0.3 is 5.32 Å². The van der Waals surface area contributed by atoms with Crippen molar-refractivity contribution in [2.24, 2.45) is 5.41 Å². The predicted octanol–water partition coefficient (Wildman–Crippen LogP) is 2.98. The van der Waals surface area contributed by atoms with Crippen molar-refractivity contribution in [1.29, 1.82) is 0 Å². The Morgan fingerprint density at radius 1 is 1.38 bits per heavy atom. The first kappa shape index (κ1) is 13.6. The van der Waals surface area contributed by atoms with E-state index in [-0.39, 0.29) is 5.41 Å². The van der Waals surface area contributed by atoms with Gasteiger partial charge in [-0.05, 0) is 29.9 Å². The zero-order chi connectivity index (χ0) is 10.2. The lowest BCUT2D eigenvalue weighted by Crippen LogP contribution is -2.31. The second-order valence-electron chi connectivity index (χ2n) is 4.03. The smallest absolute Gasteiger partial charge is 0.0286 e. The van der Waals surface area contributed by atoms with Gasteiger partial charge in [0.25, 0.3) is 0 Å². The van der Waals surface area contributed by atoms with Crippen LogP contribution < -0.4 is 5.32 Å². The molecule has 0 rings (SSSR count). The molecule has 0 aromatic carbocycles. The van der Waals surface area contributed by atoms with Crippen LogP contribution in [0.4, 0.5) is 0 Å². The highest BCUT2D eigenvalue weighted by Gasteiger charge is 2.14. The Kier molecular flexibility index (Phi) is 8.32. The summed E-state index contributed by atoms with van der Waals surface area (Å²) in [7, 11) is 0. The number of rotatable bonds is 8. The highest BCUT2D eigenvalue weighted by Crippen LogP contribution is 2.14. The first-order chi connectivity index (χ1) is 6.12. The summed E-state index contributed by atoms with van der Waals surface area (Å²) in [6, 6.07) is 0. The van der Waals surface area contributed by atoms with Gasteiger partial charge in [0.15, 0.2) is 0 Å². The Balaban J connectivity index is 3.16. The molecule has 3 heteroatoms. The third kappa shape index (κ3) is 8.92. The number of nitrogens with one attached hydrogen (secondary N) is 1. The van der Waals surface area contributed by atoms with Crippen LogP contribution in [0, 0.1) is 5.41 Å². The molecule has 13 heavy (non-hydrogen) atoms. The highest BCUT2D eigenvalue weighted by molar-refractivity contribution is 7.99. The third-order valence-electron chi connectivity index (χ3n) is 1.81. The summed E-state index contributed by atoms with van der Waals surface area (Å²) >= 11 is 7.82. The molecule has 1 nitrogen and oxygen atoms in total. The van der Waals surface area contributed by atoms with E-state index in [9.17, 15) is 0 Å². The van der Waals surface area contributed by atoms with Crippen LogP contribution in [0.15, 0.2) is 0 Å². The van der Waals surface area contributed by atoms with E-state index in [4.69, 9.17) is 11.6 Å². The van der Waals surface area contributed by atoms with Gasteiger partial charge in [-0.3, -0.25) is 0 Å². The summed E-state index contributed by atoms with van der Waals surface area (Å²) in [5.41, 5.74) is 0.236. The van der Waals surface area contributed by atoms with Gasteiger partial charge in [-0.1, -0.05) is 20.8 Å². The molecule has 0 amide bonds. The van der Waals surface area contributed by atoms with Crippen LogP contribution in [0.2, 0.25) is 0 Å². The zero-order valence-electron chi connectivity index (χ0n) is 9.03. The number of alkyl halides is 1. The van der Waals surface area contributed by atoms with Crippen molar-refractivity contribution in [3.8, 4) is 0 Å². The Bertz CT molecular complexity index is 117. The first-order valence-corrected chi connectivity index (χ1v) is 6.66. The minimum Gasteiger partial charge on any atom is -0.316 e. The maximum absolute atomic E-state index is 5.81. The Hall–Kier alpha value is 0.600. The summed E-state index contributed by atoms with van der Waals surface area (Å²) in [5, 5.41) is 3.44. The van der Waals surface area contributed by atoms with Crippen molar-refractivity contribution in [2.45, 2.75) is 27.2 Å². The van der Waals surface area contributed by atoms with E-state index >= 15 is 0 Å². The van der Waals surface area contributed by atoms with E-state index in [0.29, 0.717) is 0 Å². The Labute approximate surface area is 92.0 Å². The maximum atomic E-state index is 5.81. The van der Waals surface area contributed by atoms with Gasteiger partial charge in [-0.25, -0.2) is 0 Å². The van der Waals surface area contributed by atoms with Gasteiger partial charge in [-0.2, -0.15) is 11.8 Å². The van der Waals surface area contributed by atoms with Crippen molar-refractivity contribution in [3.63, 3.8) is 0 Å². The molecule has 0 aromatic heterocycles. The van der Waals surface area contributed by atoms with Crippen molar-refractivity contribution >= 4 is 23.4 Å². The summed E-state index contributed by atoms with van der Waals surface area (Å²) < 4.78 is 0. The Morgan fingerprint density at radius 3 is 2.62 bits per heavy atom. The fourth-order valence-corrected chi connectivity index (χ4v) is 1.65. The van der Waals surface area contributed by atoms with Gasteiger partial charge in [0.05, 0.1) is 0 Å². The molecule has 0 saturated carbocycles. The molecule has 0 aliphatic rings. The standard InChI is InChI=1S/C10H22ClNS/c1-4-13-7-5-6-12-9-10(2,3)8-11/h12H,4-9H2,1-3H3. The van der Waals surface area contributed by atoms with E-state index in [1.165, 1.54) is 17.9 Å². The fraction of sp³-hybridized carbons (Fsp3) is 1.00. The second-order valence-corrected chi connectivity index (χ2v) is 5.69. The molecule has 0 aliphatic heterocycles. The summed E-state index contributed by atoms with van der Waals surface area (Å²) in [4.78, 5) is 0. The average molecular weight is 224 g/mol. The molecule has 1 N–H and O–H groups in total. The van der Waals surface area contributed by atoms with Crippen LogP contribution in [-0.4, -0.2) is 30.5 Å². The average Bonchev–Trinajstić information content (AvgIpc) is 2.11. The minimum absolute atomic E-state index is 0.236. The molecule has 0 heterocycles. The van der Waals surface area contributed by atoms with E-state index in [0.717, 1.165) is 19.0 Å². The Morgan fingerprint density at radius 2 is 2.08 bits per heavy atom. The van der Waals surface area contributed by atoms with E-state index in [2.05, 4.69) is 26.1 Å². The fourth-order valence-electron chi connectivity index (χ4n) is 0.918. The van der Waals surface area contributed by atoms with Crippen LogP contribution in [-0.2, 0) is 0 Å². The molecule has 0 bridgehead atoms. The van der Waals surface area contributed by atoms with Crippen LogP contribution in [0.25, 0.3) is 0 Å². The van der Waals surface area contributed by atoms with Crippen LogP contribution in [0.5, 0.6) is 0 Å². The molecule has 0 saturated heterocycles. The molecule has 0 radical (unpaired) electrons. The molecule has 0 aliphatic carbocycles. The van der Waals surface area contributed by atoms with E-state index < -0.39 is 0 Å². The van der Waals surface area contributed by atoms with E-state index in [1.54, 1.807) is 0 Å². The maximum Gasteiger partial charge on any atom is 0.0286 e. The minimum atomic E-state index is 0.236. The number of thioether (sulfide) groups is 1. The van der Waals surface area contributed by atoms with Crippen LogP contribution in [0.3, 0.4) is 0 Å². The largest absolute Gasteiger partial charge is 0.316 e. The second kappa shape index (κ2) is 7.95. The summed E-state index contributed by atoms with van der Waals surface area (Å²) in [6.07, 6.45) is 1.26. The molecule has 80 valence electrons. The molecule has 0 atom stereocenters. The molecule has 0 aromatic rings. The molecular formula is C10H22ClNS. The molecule has 0 unspecified atom stereocenters. The van der Waals surface area contributed by atoms with Gasteiger partial charge in [-0.15, -0.1) is 11.6 Å². The van der Waals surface area contributed by atoms with Crippen LogP contribution in [0.1, 0.15) is 27.2 Å². The quantitative estimate of drug-likeness (QED) is 0.502. The van der Waals surface area contributed by atoms with Crippen LogP contribution >= 0.6 is 23.4 Å². The molecule has 0 fully saturated rings. The predicted molar refractivity (Wildman–Crippen MR) is 65.0 cm³/mol. The number of hydrogen-bond acceptors (Lipinski definition) is 2. The number of halogens is 1. The van der Waals surface area contributed by atoms with Gasteiger partial charge in [0, 0.05) is 12.4 Å². The summed E-state index contributed by atoms with van der Waals surface area (Å²) in [5.74, 6) is 3.22. The van der Waals surface area contributed by atoms with Gasteiger partial charge in [0.1, 0.15) is 0 Å². The lowest BCUT2D eigenvalue weighted by molar-refractivity contribution is 0.387. The normalized spacial score (nSPS) is 12.0.